The molecule has 5 nitrogen and oxygen atoms in total. The quantitative estimate of drug-likeness (QED) is 0.489. The number of aryl methyl sites for hydroxylation is 1. The van der Waals surface area contributed by atoms with Gasteiger partial charge in [-0.15, -0.1) is 11.8 Å². The molecule has 0 aliphatic carbocycles. The van der Waals surface area contributed by atoms with Gasteiger partial charge in [0.05, 0.1) is 10.6 Å². The molecule has 0 fully saturated rings. The lowest BCUT2D eigenvalue weighted by atomic mass is 10.2. The highest BCUT2D eigenvalue weighted by Gasteiger charge is 2.11. The van der Waals surface area contributed by atoms with Crippen LogP contribution in [0.4, 0.5) is 15.8 Å². The molecule has 2 rings (SSSR count). The number of nitrogens with one attached hydrogen (secondary N) is 1. The van der Waals surface area contributed by atoms with Crippen LogP contribution in [0.3, 0.4) is 0 Å². The lowest BCUT2D eigenvalue weighted by Gasteiger charge is -2.08. The van der Waals surface area contributed by atoms with Gasteiger partial charge in [0.2, 0.25) is 5.91 Å². The first kappa shape index (κ1) is 17.0. The Kier molecular flexibility index (Phi) is 5.70. The Morgan fingerprint density at radius 2 is 1.96 bits per heavy atom. The van der Waals surface area contributed by atoms with Crippen LogP contribution in [0.5, 0.6) is 0 Å². The lowest BCUT2D eigenvalue weighted by Crippen LogP contribution is -2.13. The fourth-order valence-electron chi connectivity index (χ4n) is 1.86. The molecule has 1 N–H and O–H groups in total. The second-order valence-electron chi connectivity index (χ2n) is 4.86. The van der Waals surface area contributed by atoms with Crippen LogP contribution in [0.25, 0.3) is 0 Å². The van der Waals surface area contributed by atoms with E-state index in [9.17, 15) is 19.3 Å². The van der Waals surface area contributed by atoms with Crippen molar-refractivity contribution in [1.29, 1.82) is 0 Å². The molecule has 0 radical (unpaired) electrons. The Morgan fingerprint density at radius 3 is 2.61 bits per heavy atom. The average Bonchev–Trinajstić information content (AvgIpc) is 2.51. The lowest BCUT2D eigenvalue weighted by molar-refractivity contribution is -0.384. The Labute approximate surface area is 137 Å². The van der Waals surface area contributed by atoms with Crippen molar-refractivity contribution < 1.29 is 14.1 Å². The Morgan fingerprint density at radius 1 is 1.26 bits per heavy atom. The van der Waals surface area contributed by atoms with Crippen LogP contribution in [0, 0.1) is 22.9 Å². The minimum atomic E-state index is -0.501. The molecular weight excluding hydrogens is 319 g/mol. The van der Waals surface area contributed by atoms with E-state index in [1.807, 2.05) is 0 Å². The number of anilines is 1. The predicted octanol–water partition coefficient (Wildman–Crippen LogP) is 4.16. The molecule has 120 valence electrons. The average molecular weight is 334 g/mol. The molecule has 0 saturated carbocycles. The molecule has 7 heteroatoms. The maximum Gasteiger partial charge on any atom is 0.271 e. The standard InChI is InChI=1S/C16H15FN2O3S/c1-11-2-5-13(19(21)22)10-15(11)18-16(20)8-9-23-14-6-3-12(17)4-7-14/h2-7,10H,8-9H2,1H3,(H,18,20). The number of benzene rings is 2. The van der Waals surface area contributed by atoms with Gasteiger partial charge < -0.3 is 5.32 Å². The molecule has 0 aromatic heterocycles. The highest BCUT2D eigenvalue weighted by atomic mass is 32.2. The number of nitrogens with zero attached hydrogens (tertiary/aromatic N) is 1. The van der Waals surface area contributed by atoms with E-state index in [4.69, 9.17) is 0 Å². The van der Waals surface area contributed by atoms with Crippen LogP contribution in [0.2, 0.25) is 0 Å². The van der Waals surface area contributed by atoms with Crippen molar-refractivity contribution in [3.63, 3.8) is 0 Å². The molecule has 0 aliphatic heterocycles. The first-order chi connectivity index (χ1) is 11.0. The number of rotatable bonds is 6. The van der Waals surface area contributed by atoms with Gasteiger partial charge in [-0.1, -0.05) is 6.07 Å². The monoisotopic (exact) mass is 334 g/mol. The van der Waals surface area contributed by atoms with Gasteiger partial charge in [-0.05, 0) is 36.8 Å². The fraction of sp³-hybridized carbons (Fsp3) is 0.188. The van der Waals surface area contributed by atoms with Gasteiger partial charge in [0.1, 0.15) is 5.82 Å². The highest BCUT2D eigenvalue weighted by Crippen LogP contribution is 2.23. The number of carbonyl (C=O) groups is 1. The molecule has 2 aromatic rings. The van der Waals surface area contributed by atoms with Gasteiger partial charge in [0, 0.05) is 29.2 Å². The van der Waals surface area contributed by atoms with E-state index in [1.54, 1.807) is 25.1 Å². The number of nitro groups is 1. The van der Waals surface area contributed by atoms with Gasteiger partial charge in [-0.2, -0.15) is 0 Å². The van der Waals surface area contributed by atoms with Gasteiger partial charge in [-0.25, -0.2) is 4.39 Å². The normalized spacial score (nSPS) is 10.3. The van der Waals surface area contributed by atoms with E-state index in [0.29, 0.717) is 11.4 Å². The van der Waals surface area contributed by atoms with Crippen LogP contribution in [-0.2, 0) is 4.79 Å². The van der Waals surface area contributed by atoms with Crippen LogP contribution in [0.1, 0.15) is 12.0 Å². The zero-order valence-electron chi connectivity index (χ0n) is 12.4. The van der Waals surface area contributed by atoms with E-state index < -0.39 is 4.92 Å². The van der Waals surface area contributed by atoms with Crippen LogP contribution in [0.15, 0.2) is 47.4 Å². The van der Waals surface area contributed by atoms with Crippen molar-refractivity contribution in [3.05, 3.63) is 64.0 Å². The summed E-state index contributed by atoms with van der Waals surface area (Å²) in [7, 11) is 0. The van der Waals surface area contributed by atoms with Crippen LogP contribution >= 0.6 is 11.8 Å². The van der Waals surface area contributed by atoms with E-state index in [1.165, 1.54) is 36.0 Å². The number of thioether (sulfide) groups is 1. The topological polar surface area (TPSA) is 72.2 Å². The van der Waals surface area contributed by atoms with Crippen LogP contribution in [-0.4, -0.2) is 16.6 Å². The summed E-state index contributed by atoms with van der Waals surface area (Å²) < 4.78 is 12.8. The number of non-ortho nitro benzene ring substituents is 1. The predicted molar refractivity (Wildman–Crippen MR) is 88.2 cm³/mol. The largest absolute Gasteiger partial charge is 0.326 e. The van der Waals surface area contributed by atoms with E-state index in [2.05, 4.69) is 5.32 Å². The number of halogens is 1. The summed E-state index contributed by atoms with van der Waals surface area (Å²) in [6.07, 6.45) is 0.254. The maximum absolute atomic E-state index is 12.8. The fourth-order valence-corrected chi connectivity index (χ4v) is 2.72. The van der Waals surface area contributed by atoms with Crippen molar-refractivity contribution in [2.24, 2.45) is 0 Å². The van der Waals surface area contributed by atoms with Gasteiger partial charge >= 0.3 is 0 Å². The summed E-state index contributed by atoms with van der Waals surface area (Å²) in [5, 5.41) is 13.5. The van der Waals surface area contributed by atoms with Crippen molar-refractivity contribution in [2.45, 2.75) is 18.2 Å². The molecule has 0 bridgehead atoms. The van der Waals surface area contributed by atoms with Crippen molar-refractivity contribution in [2.75, 3.05) is 11.1 Å². The van der Waals surface area contributed by atoms with Gasteiger partial charge in [-0.3, -0.25) is 14.9 Å². The number of nitro benzene ring substituents is 1. The minimum absolute atomic E-state index is 0.0633. The zero-order chi connectivity index (χ0) is 16.8. The van der Waals surface area contributed by atoms with Gasteiger partial charge in [0.15, 0.2) is 0 Å². The molecule has 0 unspecified atom stereocenters. The third kappa shape index (κ3) is 5.07. The molecule has 0 aliphatic rings. The molecule has 0 spiro atoms. The molecule has 0 saturated heterocycles. The summed E-state index contributed by atoms with van der Waals surface area (Å²) in [5.74, 6) is 0.0160. The first-order valence-electron chi connectivity index (χ1n) is 6.89. The maximum atomic E-state index is 12.8. The molecule has 0 atom stereocenters. The third-order valence-electron chi connectivity index (χ3n) is 3.12. The summed E-state index contributed by atoms with van der Waals surface area (Å²) in [6, 6.07) is 10.4. The number of carbonyl (C=O) groups excluding carboxylic acids is 1. The minimum Gasteiger partial charge on any atom is -0.326 e. The summed E-state index contributed by atoms with van der Waals surface area (Å²) in [4.78, 5) is 23.1. The van der Waals surface area contributed by atoms with E-state index in [-0.39, 0.29) is 23.8 Å². The zero-order valence-corrected chi connectivity index (χ0v) is 13.2. The molecular formula is C16H15FN2O3S. The summed E-state index contributed by atoms with van der Waals surface area (Å²) >= 11 is 1.44. The molecule has 0 heterocycles. The SMILES string of the molecule is Cc1ccc([N+](=O)[O-])cc1NC(=O)CCSc1ccc(F)cc1. The Balaban J connectivity index is 1.88. The highest BCUT2D eigenvalue weighted by molar-refractivity contribution is 7.99. The second-order valence-corrected chi connectivity index (χ2v) is 6.03. The van der Waals surface area contributed by atoms with Crippen molar-refractivity contribution >= 4 is 29.0 Å². The van der Waals surface area contributed by atoms with Gasteiger partial charge in [0.25, 0.3) is 5.69 Å². The third-order valence-corrected chi connectivity index (χ3v) is 4.13. The van der Waals surface area contributed by atoms with E-state index >= 15 is 0 Å². The Bertz CT molecular complexity index is 720. The second kappa shape index (κ2) is 7.73. The first-order valence-corrected chi connectivity index (χ1v) is 7.87. The van der Waals surface area contributed by atoms with E-state index in [0.717, 1.165) is 10.5 Å². The summed E-state index contributed by atoms with van der Waals surface area (Å²) in [5.41, 5.74) is 1.14. The Hall–Kier alpha value is -2.41. The van der Waals surface area contributed by atoms with Crippen LogP contribution < -0.4 is 5.32 Å². The summed E-state index contributed by atoms with van der Waals surface area (Å²) in [6.45, 7) is 1.77. The van der Waals surface area contributed by atoms with Crippen molar-refractivity contribution in [1.82, 2.24) is 0 Å². The number of hydrogen-bond donors (Lipinski definition) is 1. The number of amides is 1. The molecule has 2 aromatic carbocycles. The smallest absolute Gasteiger partial charge is 0.271 e. The number of hydrogen-bond acceptors (Lipinski definition) is 4. The van der Waals surface area contributed by atoms with Crippen molar-refractivity contribution in [3.8, 4) is 0 Å². The molecule has 1 amide bonds. The molecule has 23 heavy (non-hydrogen) atoms.